The van der Waals surface area contributed by atoms with Gasteiger partial charge in [0.25, 0.3) is 10.0 Å². The van der Waals surface area contributed by atoms with Gasteiger partial charge in [-0.15, -0.1) is 11.3 Å². The van der Waals surface area contributed by atoms with Gasteiger partial charge in [-0.25, -0.2) is 17.6 Å². The fourth-order valence-corrected chi connectivity index (χ4v) is 5.92. The van der Waals surface area contributed by atoms with Crippen molar-refractivity contribution in [1.29, 1.82) is 0 Å². The Hall–Kier alpha value is -2.56. The third-order valence-electron chi connectivity index (χ3n) is 4.07. The second-order valence-electron chi connectivity index (χ2n) is 5.89. The number of ether oxygens (including phenoxy) is 3. The van der Waals surface area contributed by atoms with E-state index in [-0.39, 0.29) is 43.8 Å². The van der Waals surface area contributed by atoms with Crippen LogP contribution in [0.2, 0.25) is 5.02 Å². The number of methoxy groups -OCH3 is 2. The van der Waals surface area contributed by atoms with Crippen molar-refractivity contribution in [1.82, 2.24) is 0 Å². The van der Waals surface area contributed by atoms with E-state index in [1.807, 2.05) is 0 Å². The molecule has 1 heterocycles. The molecule has 0 unspecified atom stereocenters. The molecule has 3 rings (SSSR count). The molecule has 0 aliphatic carbocycles. The van der Waals surface area contributed by atoms with E-state index >= 15 is 0 Å². The number of rotatable bonds is 7. The molecule has 2 aromatic carbocycles. The number of hydrogen-bond donors (Lipinski definition) is 1. The predicted octanol–water partition coefficient (Wildman–Crippen LogP) is 4.69. The number of thiophene rings is 1. The molecule has 0 aliphatic rings. The number of carbonyl (C=O) groups excluding carboxylic acids is 1. The van der Waals surface area contributed by atoms with Gasteiger partial charge in [0, 0.05) is 16.2 Å². The first-order valence-corrected chi connectivity index (χ1v) is 11.2. The molecule has 0 bridgehead atoms. The molecule has 0 spiro atoms. The lowest BCUT2D eigenvalue weighted by Gasteiger charge is -2.14. The lowest BCUT2D eigenvalue weighted by atomic mass is 10.2. The Labute approximate surface area is 181 Å². The Bertz CT molecular complexity index is 1230. The van der Waals surface area contributed by atoms with Crippen molar-refractivity contribution >= 4 is 54.7 Å². The summed E-state index contributed by atoms with van der Waals surface area (Å²) in [5.74, 6) is -1.24. The van der Waals surface area contributed by atoms with Crippen LogP contribution in [-0.2, 0) is 14.8 Å². The van der Waals surface area contributed by atoms with Crippen LogP contribution >= 0.6 is 22.9 Å². The monoisotopic (exact) mass is 473 g/mol. The van der Waals surface area contributed by atoms with Crippen LogP contribution in [0.25, 0.3) is 10.1 Å². The Balaban J connectivity index is 2.21. The maximum absolute atomic E-state index is 14.6. The van der Waals surface area contributed by atoms with E-state index in [1.165, 1.54) is 38.5 Å². The zero-order valence-electron chi connectivity index (χ0n) is 16.1. The van der Waals surface area contributed by atoms with Gasteiger partial charge >= 0.3 is 5.97 Å². The molecule has 0 radical (unpaired) electrons. The van der Waals surface area contributed by atoms with Gasteiger partial charge in [-0.1, -0.05) is 17.7 Å². The molecule has 0 amide bonds. The Morgan fingerprint density at radius 3 is 2.53 bits per heavy atom. The van der Waals surface area contributed by atoms with Crippen molar-refractivity contribution < 1.29 is 31.8 Å². The molecule has 0 aliphatic heterocycles. The van der Waals surface area contributed by atoms with E-state index in [0.29, 0.717) is 0 Å². The number of hydrogen-bond acceptors (Lipinski definition) is 7. The second kappa shape index (κ2) is 8.66. The van der Waals surface area contributed by atoms with Gasteiger partial charge in [0.1, 0.15) is 27.1 Å². The van der Waals surface area contributed by atoms with Crippen LogP contribution in [0.4, 0.5) is 10.1 Å². The molecule has 3 aromatic rings. The minimum Gasteiger partial charge on any atom is -0.495 e. The number of esters is 1. The van der Waals surface area contributed by atoms with Crippen molar-refractivity contribution in [2.75, 3.05) is 25.5 Å². The smallest absolute Gasteiger partial charge is 0.349 e. The predicted molar refractivity (Wildman–Crippen MR) is 113 cm³/mol. The maximum atomic E-state index is 14.6. The summed E-state index contributed by atoms with van der Waals surface area (Å²) in [7, 11) is -1.71. The fourth-order valence-electron chi connectivity index (χ4n) is 2.80. The third kappa shape index (κ3) is 4.03. The van der Waals surface area contributed by atoms with Gasteiger partial charge < -0.3 is 14.2 Å². The van der Waals surface area contributed by atoms with Crippen molar-refractivity contribution in [3.8, 4) is 11.5 Å². The molecule has 0 atom stereocenters. The highest BCUT2D eigenvalue weighted by Crippen LogP contribution is 2.40. The quantitative estimate of drug-likeness (QED) is 0.501. The zero-order chi connectivity index (χ0) is 22.1. The number of halogens is 2. The topological polar surface area (TPSA) is 90.9 Å². The summed E-state index contributed by atoms with van der Waals surface area (Å²) < 4.78 is 59.0. The summed E-state index contributed by atoms with van der Waals surface area (Å²) in [5.41, 5.74) is -0.00574. The SMILES string of the molecule is CCOC(=O)c1sc2cccc(F)c2c1S(=O)(=O)Nc1cc(Cl)c(OC)cc1OC. The Kier molecular flexibility index (Phi) is 6.39. The van der Waals surface area contributed by atoms with E-state index in [9.17, 15) is 17.6 Å². The van der Waals surface area contributed by atoms with Crippen LogP contribution in [0.5, 0.6) is 11.5 Å². The number of benzene rings is 2. The number of fused-ring (bicyclic) bond motifs is 1. The minimum atomic E-state index is -4.44. The first kappa shape index (κ1) is 22.1. The molecule has 1 N–H and O–H groups in total. The summed E-state index contributed by atoms with van der Waals surface area (Å²) >= 11 is 6.94. The summed E-state index contributed by atoms with van der Waals surface area (Å²) in [6.45, 7) is 1.62. The normalized spacial score (nSPS) is 11.4. The second-order valence-corrected chi connectivity index (χ2v) is 8.96. The molecular formula is C19H17ClFNO6S2. The van der Waals surface area contributed by atoms with Gasteiger partial charge in [0.2, 0.25) is 0 Å². The summed E-state index contributed by atoms with van der Waals surface area (Å²) in [6, 6.07) is 6.77. The van der Waals surface area contributed by atoms with Crippen LogP contribution < -0.4 is 14.2 Å². The highest BCUT2D eigenvalue weighted by molar-refractivity contribution is 7.93. The molecule has 160 valence electrons. The minimum absolute atomic E-state index is 0.00574. The van der Waals surface area contributed by atoms with Crippen LogP contribution in [0, 0.1) is 5.82 Å². The highest BCUT2D eigenvalue weighted by atomic mass is 35.5. The molecule has 0 fully saturated rings. The first-order valence-electron chi connectivity index (χ1n) is 8.56. The number of anilines is 1. The zero-order valence-corrected chi connectivity index (χ0v) is 18.5. The molecule has 11 heteroatoms. The van der Waals surface area contributed by atoms with E-state index in [0.717, 1.165) is 17.4 Å². The van der Waals surface area contributed by atoms with Gasteiger partial charge in [-0.2, -0.15) is 0 Å². The molecule has 7 nitrogen and oxygen atoms in total. The Morgan fingerprint density at radius 1 is 1.20 bits per heavy atom. The van der Waals surface area contributed by atoms with Crippen molar-refractivity contribution in [3.05, 3.63) is 46.0 Å². The molecular weight excluding hydrogens is 457 g/mol. The van der Waals surface area contributed by atoms with E-state index < -0.39 is 26.7 Å². The summed E-state index contributed by atoms with van der Waals surface area (Å²) in [4.78, 5) is 11.7. The van der Waals surface area contributed by atoms with Gasteiger partial charge in [-0.05, 0) is 25.1 Å². The van der Waals surface area contributed by atoms with Crippen molar-refractivity contribution in [2.45, 2.75) is 11.8 Å². The van der Waals surface area contributed by atoms with Crippen molar-refractivity contribution in [3.63, 3.8) is 0 Å². The fraction of sp³-hybridized carbons (Fsp3) is 0.211. The van der Waals surface area contributed by atoms with E-state index in [2.05, 4.69) is 4.72 Å². The van der Waals surface area contributed by atoms with E-state index in [4.69, 9.17) is 25.8 Å². The van der Waals surface area contributed by atoms with Gasteiger partial charge in [-0.3, -0.25) is 4.72 Å². The first-order chi connectivity index (χ1) is 14.2. The summed E-state index contributed by atoms with van der Waals surface area (Å²) in [5, 5.41) is -0.0698. The molecule has 0 saturated carbocycles. The van der Waals surface area contributed by atoms with Crippen molar-refractivity contribution in [2.24, 2.45) is 0 Å². The third-order valence-corrected chi connectivity index (χ3v) is 7.06. The number of sulfonamides is 1. The largest absolute Gasteiger partial charge is 0.495 e. The van der Waals surface area contributed by atoms with E-state index in [1.54, 1.807) is 6.92 Å². The Morgan fingerprint density at radius 2 is 1.90 bits per heavy atom. The molecule has 0 saturated heterocycles. The van der Waals surface area contributed by atoms with Gasteiger partial charge in [0.05, 0.1) is 31.5 Å². The maximum Gasteiger partial charge on any atom is 0.349 e. The van der Waals surface area contributed by atoms with Crippen LogP contribution in [0.1, 0.15) is 16.6 Å². The standard InChI is InChI=1S/C19H17ClFNO6S2/c1-4-28-19(23)17-18(16-11(21)6-5-7-15(16)29-17)30(24,25)22-12-8-10(20)13(26-2)9-14(12)27-3/h5-9,22H,4H2,1-3H3. The average Bonchev–Trinajstić information content (AvgIpc) is 3.10. The van der Waals surface area contributed by atoms with Gasteiger partial charge in [0.15, 0.2) is 0 Å². The lowest BCUT2D eigenvalue weighted by Crippen LogP contribution is -2.17. The number of carbonyl (C=O) groups is 1. The van der Waals surface area contributed by atoms with Crippen LogP contribution in [0.15, 0.2) is 35.2 Å². The molecule has 30 heavy (non-hydrogen) atoms. The van der Waals surface area contributed by atoms with Crippen LogP contribution in [0.3, 0.4) is 0 Å². The number of nitrogens with one attached hydrogen (secondary N) is 1. The highest BCUT2D eigenvalue weighted by Gasteiger charge is 2.32. The van der Waals surface area contributed by atoms with Crippen LogP contribution in [-0.4, -0.2) is 35.2 Å². The average molecular weight is 474 g/mol. The lowest BCUT2D eigenvalue weighted by molar-refractivity contribution is 0.0528. The molecule has 1 aromatic heterocycles. The summed E-state index contributed by atoms with van der Waals surface area (Å²) in [6.07, 6.45) is 0.